The number of benzene rings is 1. The van der Waals surface area contributed by atoms with Crippen LogP contribution in [0.2, 0.25) is 0 Å². The Labute approximate surface area is 125 Å². The lowest BCUT2D eigenvalue weighted by Crippen LogP contribution is -2.16. The first-order valence-corrected chi connectivity index (χ1v) is 6.21. The number of hydrogen-bond acceptors (Lipinski definition) is 5. The van der Waals surface area contributed by atoms with Gasteiger partial charge in [0.1, 0.15) is 0 Å². The highest BCUT2D eigenvalue weighted by molar-refractivity contribution is 9.10. The Balaban J connectivity index is 2.24. The van der Waals surface area contributed by atoms with Crippen molar-refractivity contribution in [1.29, 1.82) is 0 Å². The van der Waals surface area contributed by atoms with Crippen LogP contribution in [0.25, 0.3) is 0 Å². The summed E-state index contributed by atoms with van der Waals surface area (Å²) in [4.78, 5) is 38.9. The van der Waals surface area contributed by atoms with Gasteiger partial charge in [-0.05, 0) is 28.1 Å². The van der Waals surface area contributed by atoms with Gasteiger partial charge in [0.25, 0.3) is 11.6 Å². The third-order valence-electron chi connectivity index (χ3n) is 2.47. The second kappa shape index (κ2) is 5.71. The lowest BCUT2D eigenvalue weighted by atomic mass is 10.2. The van der Waals surface area contributed by atoms with E-state index in [9.17, 15) is 19.7 Å². The summed E-state index contributed by atoms with van der Waals surface area (Å²) in [6.45, 7) is 0. The SMILES string of the molecule is O=C(Nc1ccc([N+](=O)[O-])c(Br)c1)c1nc[nH]c1C(=O)O. The molecule has 0 saturated carbocycles. The van der Waals surface area contributed by atoms with Crippen LogP contribution in [0.15, 0.2) is 29.0 Å². The summed E-state index contributed by atoms with van der Waals surface area (Å²) in [6, 6.07) is 3.87. The predicted molar refractivity (Wildman–Crippen MR) is 74.3 cm³/mol. The summed E-state index contributed by atoms with van der Waals surface area (Å²) in [5, 5.41) is 22.0. The van der Waals surface area contributed by atoms with E-state index >= 15 is 0 Å². The summed E-state index contributed by atoms with van der Waals surface area (Å²) in [7, 11) is 0. The number of aromatic amines is 1. The fourth-order valence-corrected chi connectivity index (χ4v) is 2.08. The van der Waals surface area contributed by atoms with Crippen LogP contribution in [-0.4, -0.2) is 31.9 Å². The number of rotatable bonds is 4. The summed E-state index contributed by atoms with van der Waals surface area (Å²) in [6.07, 6.45) is 1.09. The molecule has 0 saturated heterocycles. The first kappa shape index (κ1) is 14.7. The first-order chi connectivity index (χ1) is 9.90. The van der Waals surface area contributed by atoms with Crippen molar-refractivity contribution in [2.24, 2.45) is 0 Å². The Morgan fingerprint density at radius 2 is 2.14 bits per heavy atom. The number of H-pyrrole nitrogens is 1. The fourth-order valence-electron chi connectivity index (χ4n) is 1.55. The number of nitrogens with one attached hydrogen (secondary N) is 2. The summed E-state index contributed by atoms with van der Waals surface area (Å²) < 4.78 is 0.186. The van der Waals surface area contributed by atoms with E-state index in [1.807, 2.05) is 0 Å². The van der Waals surface area contributed by atoms with Gasteiger partial charge in [-0.15, -0.1) is 0 Å². The predicted octanol–water partition coefficient (Wildman–Crippen LogP) is 2.03. The number of aromatic nitrogens is 2. The summed E-state index contributed by atoms with van der Waals surface area (Å²) in [5.41, 5.74) is -0.513. The molecule has 0 atom stereocenters. The van der Waals surface area contributed by atoms with E-state index in [0.29, 0.717) is 0 Å². The standard InChI is InChI=1S/C11H7BrN4O5/c12-6-3-5(1-2-7(6)16(20)21)15-10(17)8-9(11(18)19)14-4-13-8/h1-4H,(H,13,14)(H,15,17)(H,18,19). The normalized spacial score (nSPS) is 10.1. The number of nitro groups is 1. The number of aromatic carboxylic acids is 1. The molecule has 0 radical (unpaired) electrons. The molecule has 0 unspecified atom stereocenters. The van der Waals surface area contributed by atoms with Crippen molar-refractivity contribution < 1.29 is 19.6 Å². The molecule has 0 bridgehead atoms. The van der Waals surface area contributed by atoms with Gasteiger partial charge in [-0.3, -0.25) is 14.9 Å². The molecule has 2 aromatic rings. The van der Waals surface area contributed by atoms with Crippen molar-refractivity contribution >= 4 is 39.2 Å². The minimum Gasteiger partial charge on any atom is -0.477 e. The molecule has 10 heteroatoms. The van der Waals surface area contributed by atoms with Gasteiger partial charge >= 0.3 is 5.97 Å². The Morgan fingerprint density at radius 1 is 1.43 bits per heavy atom. The quantitative estimate of drug-likeness (QED) is 0.567. The van der Waals surface area contributed by atoms with E-state index in [1.54, 1.807) is 0 Å². The first-order valence-electron chi connectivity index (χ1n) is 5.42. The maximum Gasteiger partial charge on any atom is 0.354 e. The molecule has 1 amide bonds. The second-order valence-electron chi connectivity index (χ2n) is 3.81. The molecule has 1 aromatic carbocycles. The maximum atomic E-state index is 11.9. The van der Waals surface area contributed by atoms with Crippen molar-refractivity contribution in [3.05, 3.63) is 50.5 Å². The van der Waals surface area contributed by atoms with E-state index in [-0.39, 0.29) is 27.2 Å². The van der Waals surface area contributed by atoms with Gasteiger partial charge in [0.05, 0.1) is 15.7 Å². The highest BCUT2D eigenvalue weighted by Crippen LogP contribution is 2.27. The number of nitrogens with zero attached hydrogens (tertiary/aromatic N) is 2. The fraction of sp³-hybridized carbons (Fsp3) is 0. The van der Waals surface area contributed by atoms with Crippen LogP contribution in [0.1, 0.15) is 21.0 Å². The molecule has 0 fully saturated rings. The number of halogens is 1. The van der Waals surface area contributed by atoms with Crippen LogP contribution < -0.4 is 5.32 Å². The van der Waals surface area contributed by atoms with Crippen molar-refractivity contribution in [1.82, 2.24) is 9.97 Å². The van der Waals surface area contributed by atoms with Crippen LogP contribution in [0.3, 0.4) is 0 Å². The molecule has 0 aliphatic heterocycles. The van der Waals surface area contributed by atoms with Crippen LogP contribution in [-0.2, 0) is 0 Å². The van der Waals surface area contributed by atoms with Gasteiger partial charge in [0.2, 0.25) is 0 Å². The van der Waals surface area contributed by atoms with E-state index < -0.39 is 16.8 Å². The van der Waals surface area contributed by atoms with E-state index in [1.165, 1.54) is 18.2 Å². The lowest BCUT2D eigenvalue weighted by molar-refractivity contribution is -0.385. The third kappa shape index (κ3) is 3.05. The molecule has 9 nitrogen and oxygen atoms in total. The summed E-state index contributed by atoms with van der Waals surface area (Å²) >= 11 is 3.02. The molecule has 2 rings (SSSR count). The van der Waals surface area contributed by atoms with Crippen LogP contribution >= 0.6 is 15.9 Å². The second-order valence-corrected chi connectivity index (χ2v) is 4.66. The molecule has 1 aromatic heterocycles. The van der Waals surface area contributed by atoms with Crippen LogP contribution in [0.4, 0.5) is 11.4 Å². The number of nitro benzene ring substituents is 1. The van der Waals surface area contributed by atoms with Crippen molar-refractivity contribution in [3.63, 3.8) is 0 Å². The summed E-state index contributed by atoms with van der Waals surface area (Å²) in [5.74, 6) is -2.06. The largest absolute Gasteiger partial charge is 0.477 e. The Bertz CT molecular complexity index is 742. The minimum absolute atomic E-state index is 0.154. The Kier molecular flexibility index (Phi) is 3.98. The van der Waals surface area contributed by atoms with Gasteiger partial charge in [0.15, 0.2) is 11.4 Å². The molecular weight excluding hydrogens is 348 g/mol. The highest BCUT2D eigenvalue weighted by atomic mass is 79.9. The topological polar surface area (TPSA) is 138 Å². The molecule has 108 valence electrons. The Hall–Kier alpha value is -2.75. The molecular formula is C11H7BrN4O5. The van der Waals surface area contributed by atoms with Crippen LogP contribution in [0.5, 0.6) is 0 Å². The Morgan fingerprint density at radius 3 is 2.71 bits per heavy atom. The average molecular weight is 355 g/mol. The number of carbonyl (C=O) groups excluding carboxylic acids is 1. The average Bonchev–Trinajstić information content (AvgIpc) is 2.87. The molecule has 1 heterocycles. The van der Waals surface area contributed by atoms with E-state index in [0.717, 1.165) is 6.33 Å². The van der Waals surface area contributed by atoms with Gasteiger partial charge in [0, 0.05) is 11.8 Å². The number of hydrogen-bond donors (Lipinski definition) is 3. The molecule has 0 aliphatic carbocycles. The van der Waals surface area contributed by atoms with E-state index in [4.69, 9.17) is 5.11 Å². The molecule has 3 N–H and O–H groups in total. The van der Waals surface area contributed by atoms with Crippen molar-refractivity contribution in [2.45, 2.75) is 0 Å². The monoisotopic (exact) mass is 354 g/mol. The zero-order chi connectivity index (χ0) is 15.6. The van der Waals surface area contributed by atoms with Gasteiger partial charge in [-0.2, -0.15) is 0 Å². The number of carboxylic acid groups (broad SMARTS) is 1. The van der Waals surface area contributed by atoms with Crippen LogP contribution in [0, 0.1) is 10.1 Å². The maximum absolute atomic E-state index is 11.9. The number of anilines is 1. The lowest BCUT2D eigenvalue weighted by Gasteiger charge is -2.05. The van der Waals surface area contributed by atoms with E-state index in [2.05, 4.69) is 31.2 Å². The van der Waals surface area contributed by atoms with Gasteiger partial charge < -0.3 is 15.4 Å². The van der Waals surface area contributed by atoms with Crippen molar-refractivity contribution in [2.75, 3.05) is 5.32 Å². The number of carboxylic acids is 1. The molecule has 21 heavy (non-hydrogen) atoms. The van der Waals surface area contributed by atoms with Gasteiger partial charge in [-0.25, -0.2) is 9.78 Å². The minimum atomic E-state index is -1.32. The van der Waals surface area contributed by atoms with Gasteiger partial charge in [-0.1, -0.05) is 0 Å². The smallest absolute Gasteiger partial charge is 0.354 e. The molecule has 0 aliphatic rings. The number of carbonyl (C=O) groups is 2. The number of amides is 1. The highest BCUT2D eigenvalue weighted by Gasteiger charge is 2.20. The zero-order valence-electron chi connectivity index (χ0n) is 10.2. The number of imidazole rings is 1. The molecule has 0 spiro atoms. The zero-order valence-corrected chi connectivity index (χ0v) is 11.7. The third-order valence-corrected chi connectivity index (χ3v) is 3.11. The van der Waals surface area contributed by atoms with Crippen molar-refractivity contribution in [3.8, 4) is 0 Å².